The maximum absolute atomic E-state index is 12.1. The molecule has 4 heteroatoms. The van der Waals surface area contributed by atoms with E-state index in [4.69, 9.17) is 17.3 Å². The number of nitrogens with zero attached hydrogens (tertiary/aromatic N) is 1. The van der Waals surface area contributed by atoms with Crippen molar-refractivity contribution in [2.75, 3.05) is 0 Å². The summed E-state index contributed by atoms with van der Waals surface area (Å²) in [5, 5.41) is 0.715. The SMILES string of the molecule is N[C@@H]1C(=O)N(C2CCCCC2)[C@@H]1c1ccc(Cl)cc1. The van der Waals surface area contributed by atoms with Gasteiger partial charge in [-0.25, -0.2) is 0 Å². The Morgan fingerprint density at radius 2 is 1.74 bits per heavy atom. The minimum absolute atomic E-state index is 0.0351. The molecule has 0 bridgehead atoms. The number of carbonyl (C=O) groups is 1. The van der Waals surface area contributed by atoms with E-state index in [-0.39, 0.29) is 18.0 Å². The predicted octanol–water partition coefficient (Wildman–Crippen LogP) is 2.88. The van der Waals surface area contributed by atoms with Crippen molar-refractivity contribution in [2.24, 2.45) is 5.73 Å². The van der Waals surface area contributed by atoms with Crippen LogP contribution < -0.4 is 5.73 Å². The first-order chi connectivity index (χ1) is 9.18. The lowest BCUT2D eigenvalue weighted by molar-refractivity contribution is -0.155. The van der Waals surface area contributed by atoms with Gasteiger partial charge in [-0.05, 0) is 30.5 Å². The molecule has 1 aliphatic carbocycles. The zero-order valence-corrected chi connectivity index (χ0v) is 11.6. The first-order valence-electron chi connectivity index (χ1n) is 7.01. The molecule has 0 aromatic heterocycles. The summed E-state index contributed by atoms with van der Waals surface area (Å²) in [6.45, 7) is 0. The number of β-lactam (4-membered cyclic amide) rings is 1. The van der Waals surface area contributed by atoms with E-state index >= 15 is 0 Å². The quantitative estimate of drug-likeness (QED) is 0.846. The van der Waals surface area contributed by atoms with E-state index in [1.54, 1.807) is 0 Å². The Bertz CT molecular complexity index is 468. The van der Waals surface area contributed by atoms with Crippen molar-refractivity contribution < 1.29 is 4.79 Å². The normalized spacial score (nSPS) is 28.3. The Balaban J connectivity index is 1.82. The first-order valence-corrected chi connectivity index (χ1v) is 7.39. The number of benzene rings is 1. The summed E-state index contributed by atoms with van der Waals surface area (Å²) in [4.78, 5) is 14.1. The highest BCUT2D eigenvalue weighted by atomic mass is 35.5. The summed E-state index contributed by atoms with van der Waals surface area (Å²) in [6.07, 6.45) is 5.95. The van der Waals surface area contributed by atoms with Crippen molar-refractivity contribution in [3.05, 3.63) is 34.9 Å². The van der Waals surface area contributed by atoms with Crippen LogP contribution in [0.2, 0.25) is 5.02 Å². The molecule has 3 rings (SSSR count). The van der Waals surface area contributed by atoms with Gasteiger partial charge < -0.3 is 10.6 Å². The molecule has 19 heavy (non-hydrogen) atoms. The molecule has 2 fully saturated rings. The van der Waals surface area contributed by atoms with Gasteiger partial charge >= 0.3 is 0 Å². The summed E-state index contributed by atoms with van der Waals surface area (Å²) in [6, 6.07) is 7.72. The van der Waals surface area contributed by atoms with Crippen LogP contribution in [0.1, 0.15) is 43.7 Å². The van der Waals surface area contributed by atoms with Gasteiger partial charge in [0.25, 0.3) is 0 Å². The molecule has 0 unspecified atom stereocenters. The van der Waals surface area contributed by atoms with Gasteiger partial charge in [0.2, 0.25) is 5.91 Å². The third-order valence-corrected chi connectivity index (χ3v) is 4.61. The minimum atomic E-state index is -0.386. The summed E-state index contributed by atoms with van der Waals surface area (Å²) >= 11 is 5.92. The van der Waals surface area contributed by atoms with Crippen molar-refractivity contribution >= 4 is 17.5 Å². The molecule has 1 saturated heterocycles. The highest BCUT2D eigenvalue weighted by Gasteiger charge is 2.48. The molecule has 0 radical (unpaired) electrons. The number of halogens is 1. The molecule has 1 aromatic rings. The first kappa shape index (κ1) is 12.9. The van der Waals surface area contributed by atoms with Crippen LogP contribution in [0.4, 0.5) is 0 Å². The molecular weight excluding hydrogens is 260 g/mol. The monoisotopic (exact) mass is 278 g/mol. The van der Waals surface area contributed by atoms with E-state index in [2.05, 4.69) is 0 Å². The molecule has 1 aromatic carbocycles. The van der Waals surface area contributed by atoms with Gasteiger partial charge in [0.15, 0.2) is 0 Å². The largest absolute Gasteiger partial charge is 0.329 e. The standard InChI is InChI=1S/C15H19ClN2O/c16-11-8-6-10(7-9-11)14-13(17)15(19)18(14)12-4-2-1-3-5-12/h6-9,12-14H,1-5,17H2/t13-,14+/m0/s1. The minimum Gasteiger partial charge on any atom is -0.329 e. The van der Waals surface area contributed by atoms with Gasteiger partial charge in [-0.15, -0.1) is 0 Å². The van der Waals surface area contributed by atoms with Crippen LogP contribution in [-0.2, 0) is 4.79 Å². The van der Waals surface area contributed by atoms with Crippen molar-refractivity contribution in [1.29, 1.82) is 0 Å². The highest BCUT2D eigenvalue weighted by molar-refractivity contribution is 6.30. The van der Waals surface area contributed by atoms with Gasteiger partial charge in [0.05, 0.1) is 6.04 Å². The number of rotatable bonds is 2. The molecule has 102 valence electrons. The number of carbonyl (C=O) groups excluding carboxylic acids is 1. The molecule has 2 N–H and O–H groups in total. The van der Waals surface area contributed by atoms with Gasteiger partial charge in [-0.2, -0.15) is 0 Å². The van der Waals surface area contributed by atoms with Gasteiger partial charge in [-0.3, -0.25) is 4.79 Å². The average molecular weight is 279 g/mol. The van der Waals surface area contributed by atoms with Gasteiger partial charge in [-0.1, -0.05) is 43.0 Å². The summed E-state index contributed by atoms with van der Waals surface area (Å²) in [7, 11) is 0. The molecule has 2 atom stereocenters. The number of hydrogen-bond donors (Lipinski definition) is 1. The highest BCUT2D eigenvalue weighted by Crippen LogP contribution is 2.39. The van der Waals surface area contributed by atoms with Crippen LogP contribution in [0.25, 0.3) is 0 Å². The molecule has 1 saturated carbocycles. The Labute approximate surface area is 118 Å². The third kappa shape index (κ3) is 2.26. The molecule has 0 spiro atoms. The van der Waals surface area contributed by atoms with Gasteiger partial charge in [0.1, 0.15) is 6.04 Å². The lowest BCUT2D eigenvalue weighted by Crippen LogP contribution is -2.66. The van der Waals surface area contributed by atoms with E-state index in [1.165, 1.54) is 19.3 Å². The molecular formula is C15H19ClN2O. The smallest absolute Gasteiger partial charge is 0.242 e. The Morgan fingerprint density at radius 1 is 1.11 bits per heavy atom. The maximum atomic E-state index is 12.1. The van der Waals surface area contributed by atoms with Crippen molar-refractivity contribution in [1.82, 2.24) is 4.90 Å². The summed E-state index contributed by atoms with van der Waals surface area (Å²) in [5.74, 6) is 0.104. The lowest BCUT2D eigenvalue weighted by Gasteiger charge is -2.51. The number of nitrogens with two attached hydrogens (primary N) is 1. The van der Waals surface area contributed by atoms with Gasteiger partial charge in [0, 0.05) is 11.1 Å². The zero-order chi connectivity index (χ0) is 13.4. The maximum Gasteiger partial charge on any atom is 0.242 e. The van der Waals surface area contributed by atoms with Crippen molar-refractivity contribution in [3.63, 3.8) is 0 Å². The third-order valence-electron chi connectivity index (χ3n) is 4.36. The molecule has 2 aliphatic rings. The van der Waals surface area contributed by atoms with E-state index in [9.17, 15) is 4.79 Å². The van der Waals surface area contributed by atoms with Crippen LogP contribution in [0, 0.1) is 0 Å². The van der Waals surface area contributed by atoms with E-state index in [0.29, 0.717) is 11.1 Å². The van der Waals surface area contributed by atoms with E-state index in [1.807, 2.05) is 29.2 Å². The predicted molar refractivity (Wildman–Crippen MR) is 75.9 cm³/mol. The van der Waals surface area contributed by atoms with Crippen LogP contribution in [0.5, 0.6) is 0 Å². The number of amides is 1. The van der Waals surface area contributed by atoms with Crippen LogP contribution >= 0.6 is 11.6 Å². The van der Waals surface area contributed by atoms with E-state index < -0.39 is 0 Å². The molecule has 3 nitrogen and oxygen atoms in total. The Kier molecular flexibility index (Phi) is 3.50. The fourth-order valence-electron chi connectivity index (χ4n) is 3.33. The summed E-state index contributed by atoms with van der Waals surface area (Å²) < 4.78 is 0. The average Bonchev–Trinajstić information content (AvgIpc) is 2.46. The Hall–Kier alpha value is -1.06. The van der Waals surface area contributed by atoms with Crippen LogP contribution in [0.3, 0.4) is 0 Å². The fourth-order valence-corrected chi connectivity index (χ4v) is 3.46. The van der Waals surface area contributed by atoms with E-state index in [0.717, 1.165) is 18.4 Å². The van der Waals surface area contributed by atoms with Crippen molar-refractivity contribution in [3.8, 4) is 0 Å². The fraction of sp³-hybridized carbons (Fsp3) is 0.533. The topological polar surface area (TPSA) is 46.3 Å². The summed E-state index contributed by atoms with van der Waals surface area (Å²) in [5.41, 5.74) is 7.11. The second-order valence-electron chi connectivity index (χ2n) is 5.56. The second kappa shape index (κ2) is 5.14. The van der Waals surface area contributed by atoms with Crippen LogP contribution in [-0.4, -0.2) is 22.9 Å². The molecule has 1 aliphatic heterocycles. The van der Waals surface area contributed by atoms with Crippen molar-refractivity contribution in [2.45, 2.75) is 50.2 Å². The molecule has 1 heterocycles. The zero-order valence-electron chi connectivity index (χ0n) is 10.9. The lowest BCUT2D eigenvalue weighted by atomic mass is 9.83. The second-order valence-corrected chi connectivity index (χ2v) is 6.00. The van der Waals surface area contributed by atoms with Crippen LogP contribution in [0.15, 0.2) is 24.3 Å². The number of likely N-dealkylation sites (tertiary alicyclic amines) is 1. The number of hydrogen-bond acceptors (Lipinski definition) is 2. The molecule has 1 amide bonds. The Morgan fingerprint density at radius 3 is 2.37 bits per heavy atom.